The fourth-order valence-corrected chi connectivity index (χ4v) is 2.61. The van der Waals surface area contributed by atoms with Crippen LogP contribution in [-0.2, 0) is 47.5 Å². The number of carbonyl (C=O) groups excluding carboxylic acids is 2. The van der Waals surface area contributed by atoms with Gasteiger partial charge in [0.15, 0.2) is 0 Å². The Morgan fingerprint density at radius 1 is 0.471 bits per heavy atom. The Morgan fingerprint density at radius 3 is 1.21 bits per heavy atom. The maximum absolute atomic E-state index is 11.5. The molecule has 0 N–H and O–H groups in total. The summed E-state index contributed by atoms with van der Waals surface area (Å²) >= 11 is 0. The van der Waals surface area contributed by atoms with Gasteiger partial charge in [-0.25, -0.2) is 0 Å². The van der Waals surface area contributed by atoms with Crippen LogP contribution in [0.2, 0.25) is 0 Å². The van der Waals surface area contributed by atoms with Crippen molar-refractivity contribution >= 4 is 11.9 Å². The molecule has 0 bridgehead atoms. The van der Waals surface area contributed by atoms with Gasteiger partial charge < -0.3 is 37.9 Å². The van der Waals surface area contributed by atoms with Gasteiger partial charge >= 0.3 is 11.9 Å². The average molecular weight is 495 g/mol. The minimum Gasteiger partial charge on any atom is -0.463 e. The fraction of sp³-hybridized carbons (Fsp3) is 0.917. The van der Waals surface area contributed by atoms with Crippen molar-refractivity contribution in [3.63, 3.8) is 0 Å². The zero-order chi connectivity index (χ0) is 25.0. The second kappa shape index (κ2) is 27.9. The van der Waals surface area contributed by atoms with Crippen molar-refractivity contribution < 1.29 is 47.5 Å². The highest BCUT2D eigenvalue weighted by molar-refractivity contribution is 5.69. The molecule has 0 aromatic heterocycles. The fourth-order valence-electron chi connectivity index (χ4n) is 2.61. The molecule has 0 aromatic carbocycles. The van der Waals surface area contributed by atoms with Crippen LogP contribution in [0, 0.1) is 0 Å². The van der Waals surface area contributed by atoms with Gasteiger partial charge in [0.1, 0.15) is 13.2 Å². The van der Waals surface area contributed by atoms with Crippen molar-refractivity contribution in [1.29, 1.82) is 0 Å². The molecule has 34 heavy (non-hydrogen) atoms. The average Bonchev–Trinajstić information content (AvgIpc) is 2.82. The Hall–Kier alpha value is -1.30. The molecule has 0 rings (SSSR count). The standard InChI is InChI=1S/C24H46O10/c1-3-4-5-6-7-8-24(26)34-22-20-32-18-16-30-14-12-28-10-9-27-11-13-29-15-17-31-19-21-33-23(2)25/h3-22H2,1-2H3. The van der Waals surface area contributed by atoms with E-state index in [4.69, 9.17) is 37.9 Å². The Bertz CT molecular complexity index is 447. The van der Waals surface area contributed by atoms with Crippen LogP contribution in [0.15, 0.2) is 0 Å². The zero-order valence-corrected chi connectivity index (χ0v) is 21.2. The Labute approximate surface area is 204 Å². The minimum absolute atomic E-state index is 0.149. The summed E-state index contributed by atoms with van der Waals surface area (Å²) in [4.78, 5) is 22.1. The highest BCUT2D eigenvalue weighted by Gasteiger charge is 2.02. The monoisotopic (exact) mass is 494 g/mol. The van der Waals surface area contributed by atoms with Crippen LogP contribution in [0.4, 0.5) is 0 Å². The third-order valence-electron chi connectivity index (χ3n) is 4.37. The molecule has 10 nitrogen and oxygen atoms in total. The number of rotatable bonds is 27. The lowest BCUT2D eigenvalue weighted by Gasteiger charge is -2.08. The number of hydrogen-bond donors (Lipinski definition) is 0. The quantitative estimate of drug-likeness (QED) is 0.125. The Morgan fingerprint density at radius 2 is 0.824 bits per heavy atom. The molecule has 0 saturated carbocycles. The van der Waals surface area contributed by atoms with Crippen molar-refractivity contribution in [3.05, 3.63) is 0 Å². The molecular weight excluding hydrogens is 448 g/mol. The molecule has 0 atom stereocenters. The summed E-state index contributed by atoms with van der Waals surface area (Å²) in [5, 5.41) is 0. The molecule has 0 unspecified atom stereocenters. The summed E-state index contributed by atoms with van der Waals surface area (Å²) < 4.78 is 42.1. The first-order chi connectivity index (χ1) is 16.7. The zero-order valence-electron chi connectivity index (χ0n) is 21.2. The molecule has 202 valence electrons. The van der Waals surface area contributed by atoms with Crippen molar-refractivity contribution in [3.8, 4) is 0 Å². The number of esters is 2. The first-order valence-corrected chi connectivity index (χ1v) is 12.4. The van der Waals surface area contributed by atoms with Gasteiger partial charge in [0.2, 0.25) is 0 Å². The van der Waals surface area contributed by atoms with Crippen molar-refractivity contribution in [2.75, 3.05) is 92.5 Å². The van der Waals surface area contributed by atoms with Crippen LogP contribution >= 0.6 is 0 Å². The maximum Gasteiger partial charge on any atom is 0.305 e. The predicted molar refractivity (Wildman–Crippen MR) is 126 cm³/mol. The highest BCUT2D eigenvalue weighted by Crippen LogP contribution is 2.05. The van der Waals surface area contributed by atoms with E-state index in [1.54, 1.807) is 0 Å². The molecule has 0 amide bonds. The largest absolute Gasteiger partial charge is 0.463 e. The molecule has 0 saturated heterocycles. The van der Waals surface area contributed by atoms with Gasteiger partial charge in [0.05, 0.1) is 79.3 Å². The summed E-state index contributed by atoms with van der Waals surface area (Å²) in [6.07, 6.45) is 6.08. The van der Waals surface area contributed by atoms with E-state index in [0.29, 0.717) is 85.7 Å². The second-order valence-electron chi connectivity index (χ2n) is 7.40. The van der Waals surface area contributed by atoms with E-state index in [9.17, 15) is 9.59 Å². The van der Waals surface area contributed by atoms with Gasteiger partial charge in [0.25, 0.3) is 0 Å². The molecule has 0 aliphatic heterocycles. The van der Waals surface area contributed by atoms with Gasteiger partial charge in [-0.2, -0.15) is 0 Å². The van der Waals surface area contributed by atoms with Crippen LogP contribution in [0.1, 0.15) is 52.4 Å². The highest BCUT2D eigenvalue weighted by atomic mass is 16.6. The lowest BCUT2D eigenvalue weighted by molar-refractivity contribution is -0.145. The van der Waals surface area contributed by atoms with Gasteiger partial charge in [-0.3, -0.25) is 9.59 Å². The summed E-state index contributed by atoms with van der Waals surface area (Å²) in [6.45, 7) is 9.57. The lowest BCUT2D eigenvalue weighted by Crippen LogP contribution is -2.15. The van der Waals surface area contributed by atoms with Crippen LogP contribution < -0.4 is 0 Å². The van der Waals surface area contributed by atoms with Gasteiger partial charge in [-0.05, 0) is 6.42 Å². The second-order valence-corrected chi connectivity index (χ2v) is 7.40. The normalized spacial score (nSPS) is 11.0. The SMILES string of the molecule is CCCCCCCC(=O)OCCOCCOCCOCCOCCOCCOCCOC(C)=O. The van der Waals surface area contributed by atoms with Crippen LogP contribution in [0.25, 0.3) is 0 Å². The summed E-state index contributed by atoms with van der Waals surface area (Å²) in [7, 11) is 0. The van der Waals surface area contributed by atoms with Crippen molar-refractivity contribution in [2.24, 2.45) is 0 Å². The first kappa shape index (κ1) is 32.7. The van der Waals surface area contributed by atoms with E-state index in [1.165, 1.54) is 26.2 Å². The molecule has 0 spiro atoms. The van der Waals surface area contributed by atoms with E-state index in [1.807, 2.05) is 0 Å². The molecule has 0 aliphatic rings. The van der Waals surface area contributed by atoms with E-state index < -0.39 is 0 Å². The van der Waals surface area contributed by atoms with Crippen LogP contribution in [-0.4, -0.2) is 104 Å². The van der Waals surface area contributed by atoms with E-state index in [2.05, 4.69) is 6.92 Å². The molecule has 0 fully saturated rings. The number of carbonyl (C=O) groups is 2. The Kier molecular flexibility index (Phi) is 26.9. The minimum atomic E-state index is -0.311. The predicted octanol–water partition coefficient (Wildman–Crippen LogP) is 2.55. The maximum atomic E-state index is 11.5. The molecule has 10 heteroatoms. The van der Waals surface area contributed by atoms with E-state index >= 15 is 0 Å². The summed E-state index contributed by atoms with van der Waals surface area (Å²) in [5.74, 6) is -0.460. The molecule has 0 heterocycles. The number of unbranched alkanes of at least 4 members (excludes halogenated alkanes) is 4. The van der Waals surface area contributed by atoms with Gasteiger partial charge in [-0.1, -0.05) is 32.6 Å². The van der Waals surface area contributed by atoms with E-state index in [-0.39, 0.29) is 25.2 Å². The topological polar surface area (TPSA) is 108 Å². The van der Waals surface area contributed by atoms with Crippen LogP contribution in [0.3, 0.4) is 0 Å². The molecule has 0 aliphatic carbocycles. The Balaban J connectivity index is 3.10. The van der Waals surface area contributed by atoms with Crippen molar-refractivity contribution in [1.82, 2.24) is 0 Å². The van der Waals surface area contributed by atoms with Gasteiger partial charge in [0, 0.05) is 13.3 Å². The first-order valence-electron chi connectivity index (χ1n) is 12.4. The smallest absolute Gasteiger partial charge is 0.305 e. The molecular formula is C24H46O10. The molecule has 0 aromatic rings. The summed E-state index contributed by atoms with van der Waals surface area (Å²) in [5.41, 5.74) is 0. The summed E-state index contributed by atoms with van der Waals surface area (Å²) in [6, 6.07) is 0. The van der Waals surface area contributed by atoms with Gasteiger partial charge in [-0.15, -0.1) is 0 Å². The van der Waals surface area contributed by atoms with Crippen LogP contribution in [0.5, 0.6) is 0 Å². The van der Waals surface area contributed by atoms with E-state index in [0.717, 1.165) is 12.8 Å². The number of hydrogen-bond acceptors (Lipinski definition) is 10. The third-order valence-corrected chi connectivity index (χ3v) is 4.37. The van der Waals surface area contributed by atoms with Crippen molar-refractivity contribution in [2.45, 2.75) is 52.4 Å². The third kappa shape index (κ3) is 28.7. The number of ether oxygens (including phenoxy) is 8. The molecule has 0 radical (unpaired) electrons. The lowest BCUT2D eigenvalue weighted by atomic mass is 10.1.